The second-order valence-electron chi connectivity index (χ2n) is 6.16. The molecule has 2 atom stereocenters. The van der Waals surface area contributed by atoms with E-state index in [9.17, 15) is 9.59 Å². The Morgan fingerprint density at radius 1 is 1.10 bits per heavy atom. The molecule has 0 heterocycles. The lowest BCUT2D eigenvalue weighted by Gasteiger charge is -2.21. The zero-order valence-corrected chi connectivity index (χ0v) is 12.7. The molecule has 110 valence electrons. The lowest BCUT2D eigenvalue weighted by Crippen LogP contribution is -2.35. The second-order valence-corrected chi connectivity index (χ2v) is 6.16. The molecule has 0 saturated heterocycles. The average molecular weight is 277 g/mol. The lowest BCUT2D eigenvalue weighted by molar-refractivity contribution is -0.146. The first-order valence-corrected chi connectivity index (χ1v) is 6.76. The molecule has 0 spiro atoms. The fraction of sp³-hybridized carbons (Fsp3) is 0.500. The molecule has 1 aromatic carbocycles. The average Bonchev–Trinajstić information content (AvgIpc) is 2.36. The highest BCUT2D eigenvalue weighted by molar-refractivity contribution is 5.96. The predicted molar refractivity (Wildman–Crippen MR) is 78.5 cm³/mol. The molecule has 1 amide bonds. The largest absolute Gasteiger partial charge is 0.481 e. The van der Waals surface area contributed by atoms with Gasteiger partial charge in [0.15, 0.2) is 0 Å². The number of aliphatic carboxylic acids is 1. The third-order valence-corrected chi connectivity index (χ3v) is 3.40. The summed E-state index contributed by atoms with van der Waals surface area (Å²) in [5.41, 5.74) is 2.27. The van der Waals surface area contributed by atoms with Gasteiger partial charge in [0.05, 0.1) is 6.04 Å². The predicted octanol–water partition coefficient (Wildman–Crippen LogP) is 2.88. The molecule has 0 fully saturated rings. The van der Waals surface area contributed by atoms with Crippen molar-refractivity contribution in [2.75, 3.05) is 0 Å². The van der Waals surface area contributed by atoms with Crippen LogP contribution in [0.15, 0.2) is 24.3 Å². The maximum Gasteiger partial charge on any atom is 0.315 e. The van der Waals surface area contributed by atoms with Crippen LogP contribution in [0.2, 0.25) is 0 Å². The SMILES string of the molecule is CC(C(=O)O)C(=O)NC(C)c1ccc(C(C)(C)C)cc1. The molecule has 0 aliphatic carbocycles. The van der Waals surface area contributed by atoms with Crippen LogP contribution in [0, 0.1) is 5.92 Å². The van der Waals surface area contributed by atoms with Gasteiger partial charge in [0.25, 0.3) is 0 Å². The van der Waals surface area contributed by atoms with E-state index in [1.54, 1.807) is 0 Å². The number of rotatable bonds is 4. The van der Waals surface area contributed by atoms with Crippen LogP contribution in [0.25, 0.3) is 0 Å². The van der Waals surface area contributed by atoms with Crippen LogP contribution >= 0.6 is 0 Å². The summed E-state index contributed by atoms with van der Waals surface area (Å²) in [6, 6.07) is 7.81. The Labute approximate surface area is 120 Å². The normalized spacial score (nSPS) is 14.4. The number of hydrogen-bond acceptors (Lipinski definition) is 2. The first-order valence-electron chi connectivity index (χ1n) is 6.76. The van der Waals surface area contributed by atoms with Gasteiger partial charge in [-0.1, -0.05) is 45.0 Å². The summed E-state index contributed by atoms with van der Waals surface area (Å²) in [7, 11) is 0. The third kappa shape index (κ3) is 4.08. The highest BCUT2D eigenvalue weighted by Crippen LogP contribution is 2.23. The molecule has 4 heteroatoms. The molecule has 20 heavy (non-hydrogen) atoms. The van der Waals surface area contributed by atoms with Crippen LogP contribution in [0.3, 0.4) is 0 Å². The first kappa shape index (κ1) is 16.2. The van der Waals surface area contributed by atoms with Crippen molar-refractivity contribution in [3.05, 3.63) is 35.4 Å². The topological polar surface area (TPSA) is 66.4 Å². The highest BCUT2D eigenvalue weighted by atomic mass is 16.4. The highest BCUT2D eigenvalue weighted by Gasteiger charge is 2.22. The summed E-state index contributed by atoms with van der Waals surface area (Å²) in [5, 5.41) is 11.5. The Hall–Kier alpha value is -1.84. The Morgan fingerprint density at radius 2 is 1.60 bits per heavy atom. The molecule has 4 nitrogen and oxygen atoms in total. The van der Waals surface area contributed by atoms with E-state index in [1.165, 1.54) is 12.5 Å². The molecule has 0 saturated carbocycles. The van der Waals surface area contributed by atoms with Crippen molar-refractivity contribution in [1.82, 2.24) is 5.32 Å². The number of carbonyl (C=O) groups excluding carboxylic acids is 1. The van der Waals surface area contributed by atoms with Crippen molar-refractivity contribution < 1.29 is 14.7 Å². The zero-order valence-electron chi connectivity index (χ0n) is 12.7. The van der Waals surface area contributed by atoms with Gasteiger partial charge in [-0.05, 0) is 30.4 Å². The minimum Gasteiger partial charge on any atom is -0.481 e. The van der Waals surface area contributed by atoms with Gasteiger partial charge >= 0.3 is 5.97 Å². The quantitative estimate of drug-likeness (QED) is 0.832. The maximum absolute atomic E-state index is 11.7. The minimum absolute atomic E-state index is 0.0861. The van der Waals surface area contributed by atoms with Crippen molar-refractivity contribution in [2.45, 2.75) is 46.1 Å². The number of carboxylic acid groups (broad SMARTS) is 1. The van der Waals surface area contributed by atoms with Crippen LogP contribution in [-0.2, 0) is 15.0 Å². The standard InChI is InChI=1S/C16H23NO3/c1-10(15(19)20)14(18)17-11(2)12-6-8-13(9-7-12)16(3,4)5/h6-11H,1-5H3,(H,17,18)(H,19,20). The molecular formula is C16H23NO3. The van der Waals surface area contributed by atoms with Gasteiger partial charge in [-0.25, -0.2) is 0 Å². The maximum atomic E-state index is 11.7. The van der Waals surface area contributed by atoms with Crippen molar-refractivity contribution >= 4 is 11.9 Å². The molecule has 2 unspecified atom stereocenters. The van der Waals surface area contributed by atoms with Crippen LogP contribution in [0.1, 0.15) is 51.8 Å². The fourth-order valence-electron chi connectivity index (χ4n) is 1.81. The molecule has 1 rings (SSSR count). The van der Waals surface area contributed by atoms with E-state index in [0.29, 0.717) is 0 Å². The van der Waals surface area contributed by atoms with E-state index >= 15 is 0 Å². The monoisotopic (exact) mass is 277 g/mol. The smallest absolute Gasteiger partial charge is 0.315 e. The molecule has 0 bridgehead atoms. The Bertz CT molecular complexity index is 485. The van der Waals surface area contributed by atoms with Gasteiger partial charge in [-0.2, -0.15) is 0 Å². The zero-order chi connectivity index (χ0) is 15.5. The first-order chi connectivity index (χ1) is 9.12. The molecule has 0 aliphatic rings. The minimum atomic E-state index is -1.11. The van der Waals surface area contributed by atoms with E-state index in [-0.39, 0.29) is 11.5 Å². The number of nitrogens with one attached hydrogen (secondary N) is 1. The summed E-state index contributed by atoms with van der Waals surface area (Å²) in [6.45, 7) is 9.65. The van der Waals surface area contributed by atoms with Gasteiger partial charge in [0, 0.05) is 0 Å². The van der Waals surface area contributed by atoms with Gasteiger partial charge < -0.3 is 10.4 Å². The summed E-state index contributed by atoms with van der Waals surface area (Å²) in [4.78, 5) is 22.5. The van der Waals surface area contributed by atoms with Crippen LogP contribution in [0.4, 0.5) is 0 Å². The number of amides is 1. The summed E-state index contributed by atoms with van der Waals surface area (Å²) in [5.74, 6) is -2.62. The fourth-order valence-corrected chi connectivity index (χ4v) is 1.81. The molecule has 0 aromatic heterocycles. The van der Waals surface area contributed by atoms with Gasteiger partial charge in [0.2, 0.25) is 5.91 Å². The van der Waals surface area contributed by atoms with Crippen molar-refractivity contribution in [3.8, 4) is 0 Å². The number of benzene rings is 1. The van der Waals surface area contributed by atoms with E-state index in [1.807, 2.05) is 31.2 Å². The summed E-state index contributed by atoms with van der Waals surface area (Å²) >= 11 is 0. The van der Waals surface area contributed by atoms with Gasteiger partial charge in [-0.15, -0.1) is 0 Å². The third-order valence-electron chi connectivity index (χ3n) is 3.40. The lowest BCUT2D eigenvalue weighted by atomic mass is 9.86. The van der Waals surface area contributed by atoms with Crippen molar-refractivity contribution in [2.24, 2.45) is 5.92 Å². The summed E-state index contributed by atoms with van der Waals surface area (Å²) < 4.78 is 0. The number of hydrogen-bond donors (Lipinski definition) is 2. The molecule has 0 radical (unpaired) electrons. The Kier molecular flexibility index (Phi) is 4.93. The van der Waals surface area contributed by atoms with Crippen molar-refractivity contribution in [1.29, 1.82) is 0 Å². The van der Waals surface area contributed by atoms with E-state index in [2.05, 4.69) is 26.1 Å². The van der Waals surface area contributed by atoms with Crippen LogP contribution in [0.5, 0.6) is 0 Å². The van der Waals surface area contributed by atoms with Crippen LogP contribution < -0.4 is 5.32 Å². The molecule has 1 aromatic rings. The second kappa shape index (κ2) is 6.07. The van der Waals surface area contributed by atoms with Gasteiger partial charge in [0.1, 0.15) is 5.92 Å². The van der Waals surface area contributed by atoms with E-state index < -0.39 is 17.8 Å². The molecule has 2 N–H and O–H groups in total. The van der Waals surface area contributed by atoms with E-state index in [4.69, 9.17) is 5.11 Å². The van der Waals surface area contributed by atoms with E-state index in [0.717, 1.165) is 5.56 Å². The van der Waals surface area contributed by atoms with Gasteiger partial charge in [-0.3, -0.25) is 9.59 Å². The number of carboxylic acids is 1. The Balaban J connectivity index is 2.76. The molecular weight excluding hydrogens is 254 g/mol. The Morgan fingerprint density at radius 3 is 2.00 bits per heavy atom. The number of carbonyl (C=O) groups is 2. The van der Waals surface area contributed by atoms with Crippen molar-refractivity contribution in [3.63, 3.8) is 0 Å². The molecule has 0 aliphatic heterocycles. The summed E-state index contributed by atoms with van der Waals surface area (Å²) in [6.07, 6.45) is 0. The van der Waals surface area contributed by atoms with Crippen LogP contribution in [-0.4, -0.2) is 17.0 Å².